The Labute approximate surface area is 138 Å². The molecule has 1 aliphatic rings. The lowest BCUT2D eigenvalue weighted by molar-refractivity contribution is -0.385. The second-order valence-corrected chi connectivity index (χ2v) is 5.84. The number of urea groups is 1. The third-order valence-corrected chi connectivity index (χ3v) is 4.20. The fourth-order valence-corrected chi connectivity index (χ4v) is 3.01. The van der Waals surface area contributed by atoms with Crippen molar-refractivity contribution in [1.82, 2.24) is 19.7 Å². The molecule has 0 spiro atoms. The van der Waals surface area contributed by atoms with Crippen LogP contribution in [0.3, 0.4) is 0 Å². The normalized spacial score (nSPS) is 17.1. The zero-order valence-corrected chi connectivity index (χ0v) is 13.5. The maximum absolute atomic E-state index is 12.6. The van der Waals surface area contributed by atoms with Crippen LogP contribution in [0.15, 0.2) is 24.5 Å². The molecule has 2 heterocycles. The van der Waals surface area contributed by atoms with Gasteiger partial charge in [0, 0.05) is 30.9 Å². The number of amides is 2. The van der Waals surface area contributed by atoms with Gasteiger partial charge in [-0.3, -0.25) is 10.1 Å². The number of carbonyl (C=O) groups excluding carboxylic acids is 1. The number of carbonyl (C=O) groups is 1. The number of rotatable bonds is 3. The molecule has 0 saturated carbocycles. The second-order valence-electron chi connectivity index (χ2n) is 5.84. The number of aryl methyl sites for hydroxylation is 2. The van der Waals surface area contributed by atoms with Crippen molar-refractivity contribution >= 4 is 17.4 Å². The first-order valence-corrected chi connectivity index (χ1v) is 7.64. The molecule has 1 N–H and O–H groups in total. The summed E-state index contributed by atoms with van der Waals surface area (Å²) in [6.07, 6.45) is 3.34. The standard InChI is InChI=1S/C15H18N6O3/c1-10-8-11(5-6-12(10)21(23)24)17-15(22)20-7-3-4-13(20)14-18-16-9-19(14)2/h5-6,8-9,13H,3-4,7H2,1-2H3,(H,17,22)/t13-/m1/s1. The van der Waals surface area contributed by atoms with Crippen LogP contribution >= 0.6 is 0 Å². The maximum Gasteiger partial charge on any atom is 0.322 e. The Morgan fingerprint density at radius 1 is 1.46 bits per heavy atom. The highest BCUT2D eigenvalue weighted by atomic mass is 16.6. The SMILES string of the molecule is Cc1cc(NC(=O)N2CCC[C@@H]2c2nncn2C)ccc1[N+](=O)[O-]. The number of likely N-dealkylation sites (tertiary alicyclic amines) is 1. The Morgan fingerprint density at radius 3 is 2.88 bits per heavy atom. The highest BCUT2D eigenvalue weighted by Crippen LogP contribution is 2.31. The van der Waals surface area contributed by atoms with Gasteiger partial charge in [0.1, 0.15) is 6.33 Å². The Bertz CT molecular complexity index is 787. The summed E-state index contributed by atoms with van der Waals surface area (Å²) in [6.45, 7) is 2.28. The van der Waals surface area contributed by atoms with Crippen molar-refractivity contribution in [3.05, 3.63) is 46.0 Å². The number of nitro groups is 1. The van der Waals surface area contributed by atoms with Gasteiger partial charge in [-0.1, -0.05) is 0 Å². The van der Waals surface area contributed by atoms with Gasteiger partial charge in [-0.15, -0.1) is 10.2 Å². The van der Waals surface area contributed by atoms with E-state index in [0.29, 0.717) is 17.8 Å². The molecule has 1 saturated heterocycles. The highest BCUT2D eigenvalue weighted by Gasteiger charge is 2.33. The number of anilines is 1. The van der Waals surface area contributed by atoms with Gasteiger partial charge >= 0.3 is 6.03 Å². The lowest BCUT2D eigenvalue weighted by atomic mass is 10.2. The number of benzene rings is 1. The number of aromatic nitrogens is 3. The first-order chi connectivity index (χ1) is 11.5. The molecule has 126 valence electrons. The fraction of sp³-hybridized carbons (Fsp3) is 0.400. The minimum absolute atomic E-state index is 0.0335. The van der Waals surface area contributed by atoms with E-state index < -0.39 is 4.92 Å². The molecule has 9 heteroatoms. The molecule has 2 amide bonds. The number of nitrogens with zero attached hydrogens (tertiary/aromatic N) is 5. The monoisotopic (exact) mass is 330 g/mol. The molecule has 0 aliphatic carbocycles. The second kappa shape index (κ2) is 6.26. The van der Waals surface area contributed by atoms with Crippen molar-refractivity contribution in [3.8, 4) is 0 Å². The molecule has 9 nitrogen and oxygen atoms in total. The van der Waals surface area contributed by atoms with Crippen molar-refractivity contribution in [2.45, 2.75) is 25.8 Å². The van der Waals surface area contributed by atoms with Crippen LogP contribution in [0.5, 0.6) is 0 Å². The van der Waals surface area contributed by atoms with Gasteiger partial charge in [0.25, 0.3) is 5.69 Å². The molecule has 1 fully saturated rings. The minimum Gasteiger partial charge on any atom is -0.319 e. The van der Waals surface area contributed by atoms with Crippen LogP contribution in [0.25, 0.3) is 0 Å². The topological polar surface area (TPSA) is 106 Å². The zero-order chi connectivity index (χ0) is 17.3. The van der Waals surface area contributed by atoms with E-state index in [0.717, 1.165) is 18.7 Å². The molecule has 24 heavy (non-hydrogen) atoms. The molecule has 0 bridgehead atoms. The molecule has 3 rings (SSSR count). The molecule has 1 aliphatic heterocycles. The third-order valence-electron chi connectivity index (χ3n) is 4.20. The van der Waals surface area contributed by atoms with E-state index >= 15 is 0 Å². The highest BCUT2D eigenvalue weighted by molar-refractivity contribution is 5.90. The van der Waals surface area contributed by atoms with Crippen LogP contribution in [0.1, 0.15) is 30.3 Å². The number of nitrogens with one attached hydrogen (secondary N) is 1. The zero-order valence-electron chi connectivity index (χ0n) is 13.5. The molecule has 1 atom stereocenters. The first-order valence-electron chi connectivity index (χ1n) is 7.64. The molecular formula is C15H18N6O3. The molecule has 1 aromatic heterocycles. The average molecular weight is 330 g/mol. The predicted octanol–water partition coefficient (Wildman–Crippen LogP) is 2.40. The largest absolute Gasteiger partial charge is 0.322 e. The van der Waals surface area contributed by atoms with Gasteiger partial charge in [0.05, 0.1) is 11.0 Å². The summed E-state index contributed by atoms with van der Waals surface area (Å²) in [5, 5.41) is 21.6. The summed E-state index contributed by atoms with van der Waals surface area (Å²) in [7, 11) is 1.85. The summed E-state index contributed by atoms with van der Waals surface area (Å²) < 4.78 is 1.81. The third kappa shape index (κ3) is 2.92. The summed E-state index contributed by atoms with van der Waals surface area (Å²) in [5.41, 5.74) is 1.07. The van der Waals surface area contributed by atoms with Crippen molar-refractivity contribution in [2.75, 3.05) is 11.9 Å². The predicted molar refractivity (Wildman–Crippen MR) is 86.5 cm³/mol. The van der Waals surface area contributed by atoms with Gasteiger partial charge in [0.15, 0.2) is 5.82 Å². The van der Waals surface area contributed by atoms with Gasteiger partial charge in [-0.2, -0.15) is 0 Å². The van der Waals surface area contributed by atoms with Crippen LogP contribution in [0, 0.1) is 17.0 Å². The van der Waals surface area contributed by atoms with Crippen molar-refractivity contribution < 1.29 is 9.72 Å². The van der Waals surface area contributed by atoms with Crippen molar-refractivity contribution in [3.63, 3.8) is 0 Å². The van der Waals surface area contributed by atoms with Crippen molar-refractivity contribution in [1.29, 1.82) is 0 Å². The van der Waals surface area contributed by atoms with Gasteiger partial charge in [-0.05, 0) is 31.9 Å². The van der Waals surface area contributed by atoms with Crippen molar-refractivity contribution in [2.24, 2.45) is 7.05 Å². The molecule has 0 radical (unpaired) electrons. The average Bonchev–Trinajstić information content (AvgIpc) is 3.15. The van der Waals surface area contributed by atoms with Crippen LogP contribution in [-0.4, -0.2) is 37.2 Å². The van der Waals surface area contributed by atoms with E-state index in [-0.39, 0.29) is 17.8 Å². The molecule has 2 aromatic rings. The van der Waals surface area contributed by atoms with Crippen LogP contribution in [0.4, 0.5) is 16.2 Å². The fourth-order valence-electron chi connectivity index (χ4n) is 3.01. The lowest BCUT2D eigenvalue weighted by Gasteiger charge is -2.24. The summed E-state index contributed by atoms with van der Waals surface area (Å²) in [5.74, 6) is 0.752. The quantitative estimate of drug-likeness (QED) is 0.687. The van der Waals surface area contributed by atoms with Crippen LogP contribution in [0.2, 0.25) is 0 Å². The smallest absolute Gasteiger partial charge is 0.319 e. The van der Waals surface area contributed by atoms with Crippen LogP contribution < -0.4 is 5.32 Å². The van der Waals surface area contributed by atoms with E-state index in [1.54, 1.807) is 24.2 Å². The maximum atomic E-state index is 12.6. The summed E-state index contributed by atoms with van der Waals surface area (Å²) in [4.78, 5) is 24.7. The van der Waals surface area contributed by atoms with E-state index in [1.165, 1.54) is 12.1 Å². The van der Waals surface area contributed by atoms with E-state index in [2.05, 4.69) is 15.5 Å². The molecule has 0 unspecified atom stereocenters. The van der Waals surface area contributed by atoms with Gasteiger partial charge in [-0.25, -0.2) is 4.79 Å². The summed E-state index contributed by atoms with van der Waals surface area (Å²) in [6, 6.07) is 4.18. The number of hydrogen-bond donors (Lipinski definition) is 1. The van der Waals surface area contributed by atoms with E-state index in [4.69, 9.17) is 0 Å². The van der Waals surface area contributed by atoms with E-state index in [1.807, 2.05) is 11.6 Å². The molecular weight excluding hydrogens is 312 g/mol. The first kappa shape index (κ1) is 15.9. The lowest BCUT2D eigenvalue weighted by Crippen LogP contribution is -2.35. The Kier molecular flexibility index (Phi) is 4.15. The Balaban J connectivity index is 1.76. The van der Waals surface area contributed by atoms with Gasteiger partial charge < -0.3 is 14.8 Å². The molecule has 1 aromatic carbocycles. The minimum atomic E-state index is -0.439. The number of nitro benzene ring substituents is 1. The Morgan fingerprint density at radius 2 is 2.25 bits per heavy atom. The Hall–Kier alpha value is -2.97. The number of hydrogen-bond acceptors (Lipinski definition) is 5. The van der Waals surface area contributed by atoms with Crippen LogP contribution in [-0.2, 0) is 7.05 Å². The van der Waals surface area contributed by atoms with Gasteiger partial charge in [0.2, 0.25) is 0 Å². The van der Waals surface area contributed by atoms with E-state index in [9.17, 15) is 14.9 Å². The summed E-state index contributed by atoms with van der Waals surface area (Å²) >= 11 is 0.